The highest BCUT2D eigenvalue weighted by atomic mass is 19.1. The Bertz CT molecular complexity index is 888. The molecular formula is C23H29FN2O6. The Morgan fingerprint density at radius 3 is 1.94 bits per heavy atom. The van der Waals surface area contributed by atoms with Crippen LogP contribution >= 0.6 is 0 Å². The van der Waals surface area contributed by atoms with Crippen LogP contribution in [-0.4, -0.2) is 71.8 Å². The lowest BCUT2D eigenvalue weighted by Gasteiger charge is -2.34. The lowest BCUT2D eigenvalue weighted by atomic mass is 10.1. The predicted molar refractivity (Wildman–Crippen MR) is 116 cm³/mol. The van der Waals surface area contributed by atoms with Crippen molar-refractivity contribution in [3.05, 3.63) is 59.4 Å². The molecule has 0 amide bonds. The molecule has 9 heteroatoms. The molecule has 2 aromatic rings. The van der Waals surface area contributed by atoms with Crippen LogP contribution in [0.3, 0.4) is 0 Å². The van der Waals surface area contributed by atoms with Crippen LogP contribution in [0.4, 0.5) is 4.39 Å². The second-order valence-corrected chi connectivity index (χ2v) is 7.21. The number of ether oxygens (including phenoxy) is 2. The molecule has 0 spiro atoms. The number of aliphatic carboxylic acids is 2. The van der Waals surface area contributed by atoms with E-state index in [0.29, 0.717) is 6.61 Å². The third-order valence-corrected chi connectivity index (χ3v) is 4.88. The van der Waals surface area contributed by atoms with E-state index in [-0.39, 0.29) is 5.82 Å². The number of methoxy groups -OCH3 is 1. The van der Waals surface area contributed by atoms with Gasteiger partial charge in [-0.2, -0.15) is 0 Å². The molecule has 8 nitrogen and oxygen atoms in total. The van der Waals surface area contributed by atoms with E-state index >= 15 is 0 Å². The van der Waals surface area contributed by atoms with Gasteiger partial charge in [-0.1, -0.05) is 18.2 Å². The first-order chi connectivity index (χ1) is 15.3. The van der Waals surface area contributed by atoms with Crippen LogP contribution in [0.1, 0.15) is 18.1 Å². The van der Waals surface area contributed by atoms with Gasteiger partial charge < -0.3 is 19.7 Å². The molecule has 32 heavy (non-hydrogen) atoms. The number of carbonyl (C=O) groups is 2. The minimum absolute atomic E-state index is 0.161. The third-order valence-electron chi connectivity index (χ3n) is 4.88. The first kappa shape index (κ1) is 25.1. The molecule has 2 aromatic carbocycles. The van der Waals surface area contributed by atoms with Crippen LogP contribution in [-0.2, 0) is 22.7 Å². The fourth-order valence-corrected chi connectivity index (χ4v) is 3.35. The maximum atomic E-state index is 13.3. The molecule has 0 atom stereocenters. The van der Waals surface area contributed by atoms with Gasteiger partial charge in [0.1, 0.15) is 5.82 Å². The van der Waals surface area contributed by atoms with E-state index in [4.69, 9.17) is 29.3 Å². The van der Waals surface area contributed by atoms with Gasteiger partial charge in [0, 0.05) is 39.3 Å². The van der Waals surface area contributed by atoms with E-state index in [1.807, 2.05) is 19.1 Å². The first-order valence-electron chi connectivity index (χ1n) is 10.3. The molecule has 0 unspecified atom stereocenters. The minimum atomic E-state index is -1.82. The fraction of sp³-hybridized carbons (Fsp3) is 0.391. The Hall–Kier alpha value is -3.17. The van der Waals surface area contributed by atoms with E-state index in [9.17, 15) is 4.39 Å². The van der Waals surface area contributed by atoms with Gasteiger partial charge in [0.05, 0.1) is 13.7 Å². The molecule has 1 aliphatic rings. The van der Waals surface area contributed by atoms with Crippen molar-refractivity contribution < 1.29 is 33.7 Å². The van der Waals surface area contributed by atoms with Crippen molar-refractivity contribution in [2.24, 2.45) is 0 Å². The van der Waals surface area contributed by atoms with Gasteiger partial charge in [0.15, 0.2) is 11.5 Å². The molecule has 0 radical (unpaired) electrons. The van der Waals surface area contributed by atoms with Crippen molar-refractivity contribution >= 4 is 11.9 Å². The molecule has 0 saturated carbocycles. The summed E-state index contributed by atoms with van der Waals surface area (Å²) in [4.78, 5) is 23.0. The molecule has 0 aromatic heterocycles. The summed E-state index contributed by atoms with van der Waals surface area (Å²) in [5.41, 5.74) is 2.27. The summed E-state index contributed by atoms with van der Waals surface area (Å²) in [7, 11) is 1.66. The van der Waals surface area contributed by atoms with E-state index < -0.39 is 11.9 Å². The van der Waals surface area contributed by atoms with Gasteiger partial charge in [-0.25, -0.2) is 14.0 Å². The van der Waals surface area contributed by atoms with Crippen LogP contribution in [0.5, 0.6) is 11.5 Å². The molecule has 0 aliphatic carbocycles. The Kier molecular flexibility index (Phi) is 9.90. The monoisotopic (exact) mass is 448 g/mol. The summed E-state index contributed by atoms with van der Waals surface area (Å²) in [6.45, 7) is 8.30. The van der Waals surface area contributed by atoms with E-state index in [2.05, 4.69) is 21.9 Å². The van der Waals surface area contributed by atoms with Crippen LogP contribution in [0.2, 0.25) is 0 Å². The number of hydrogen-bond acceptors (Lipinski definition) is 6. The molecule has 1 heterocycles. The highest BCUT2D eigenvalue weighted by Crippen LogP contribution is 2.28. The van der Waals surface area contributed by atoms with E-state index in [0.717, 1.165) is 56.3 Å². The minimum Gasteiger partial charge on any atom is -0.493 e. The van der Waals surface area contributed by atoms with E-state index in [1.54, 1.807) is 19.2 Å². The lowest BCUT2D eigenvalue weighted by molar-refractivity contribution is -0.159. The van der Waals surface area contributed by atoms with Crippen LogP contribution in [0, 0.1) is 5.82 Å². The molecular weight excluding hydrogens is 419 g/mol. The summed E-state index contributed by atoms with van der Waals surface area (Å²) in [5.74, 6) is -2.23. The van der Waals surface area contributed by atoms with Crippen LogP contribution in [0.15, 0.2) is 42.5 Å². The zero-order valence-electron chi connectivity index (χ0n) is 18.3. The topological polar surface area (TPSA) is 99.5 Å². The highest BCUT2D eigenvalue weighted by molar-refractivity contribution is 6.27. The van der Waals surface area contributed by atoms with Crippen molar-refractivity contribution in [3.8, 4) is 11.5 Å². The second-order valence-electron chi connectivity index (χ2n) is 7.21. The number of carboxylic acid groups (broad SMARTS) is 2. The summed E-state index contributed by atoms with van der Waals surface area (Å²) < 4.78 is 24.3. The van der Waals surface area contributed by atoms with Crippen molar-refractivity contribution in [1.29, 1.82) is 0 Å². The maximum Gasteiger partial charge on any atom is 0.414 e. The number of rotatable bonds is 7. The van der Waals surface area contributed by atoms with Crippen LogP contribution < -0.4 is 9.47 Å². The van der Waals surface area contributed by atoms with Gasteiger partial charge in [-0.3, -0.25) is 9.80 Å². The number of halogens is 1. The predicted octanol–water partition coefficient (Wildman–Crippen LogP) is 2.71. The maximum absolute atomic E-state index is 13.3. The third kappa shape index (κ3) is 8.16. The zero-order chi connectivity index (χ0) is 23.5. The molecule has 1 aliphatic heterocycles. The Balaban J connectivity index is 0.000000534. The van der Waals surface area contributed by atoms with Gasteiger partial charge in [-0.05, 0) is 42.3 Å². The summed E-state index contributed by atoms with van der Waals surface area (Å²) in [5, 5.41) is 14.8. The second kappa shape index (κ2) is 12.6. The Morgan fingerprint density at radius 2 is 1.47 bits per heavy atom. The largest absolute Gasteiger partial charge is 0.493 e. The fourth-order valence-electron chi connectivity index (χ4n) is 3.35. The van der Waals surface area contributed by atoms with Gasteiger partial charge in [-0.15, -0.1) is 0 Å². The molecule has 1 fully saturated rings. The van der Waals surface area contributed by atoms with Crippen molar-refractivity contribution in [1.82, 2.24) is 9.80 Å². The smallest absolute Gasteiger partial charge is 0.414 e. The quantitative estimate of drug-likeness (QED) is 0.624. The number of hydrogen-bond donors (Lipinski definition) is 2. The number of nitrogens with zero attached hydrogens (tertiary/aromatic N) is 2. The Labute approximate surface area is 186 Å². The van der Waals surface area contributed by atoms with Crippen molar-refractivity contribution in [2.75, 3.05) is 39.9 Å². The number of benzene rings is 2. The Morgan fingerprint density at radius 1 is 0.906 bits per heavy atom. The zero-order valence-corrected chi connectivity index (χ0v) is 18.3. The lowest BCUT2D eigenvalue weighted by Crippen LogP contribution is -2.45. The summed E-state index contributed by atoms with van der Waals surface area (Å²) >= 11 is 0. The first-order valence-corrected chi connectivity index (χ1v) is 10.3. The molecule has 0 bridgehead atoms. The molecule has 2 N–H and O–H groups in total. The summed E-state index contributed by atoms with van der Waals surface area (Å²) in [6, 6.07) is 13.0. The van der Waals surface area contributed by atoms with Crippen LogP contribution in [0.25, 0.3) is 0 Å². The van der Waals surface area contributed by atoms with Crippen molar-refractivity contribution in [3.63, 3.8) is 0 Å². The van der Waals surface area contributed by atoms with Gasteiger partial charge in [0.2, 0.25) is 0 Å². The molecule has 1 saturated heterocycles. The average Bonchev–Trinajstić information content (AvgIpc) is 2.76. The van der Waals surface area contributed by atoms with E-state index in [1.165, 1.54) is 11.6 Å². The SMILES string of the molecule is CCOc1cc(CN2CCN(Cc3cccc(F)c3)CC2)ccc1OC.O=C(O)C(=O)O. The standard InChI is InChI=1S/C21H27FN2O2.C2H2O4/c1-3-26-21-14-18(7-8-20(21)25-2)16-24-11-9-23(10-12-24)15-17-5-4-6-19(22)13-17;3-1(4)2(5)6/h4-8,13-14H,3,9-12,15-16H2,1-2H3;(H,3,4)(H,5,6). The van der Waals surface area contributed by atoms with Gasteiger partial charge in [0.25, 0.3) is 0 Å². The number of carboxylic acids is 2. The summed E-state index contributed by atoms with van der Waals surface area (Å²) in [6.07, 6.45) is 0. The number of piperazine rings is 1. The normalized spacial score (nSPS) is 14.2. The van der Waals surface area contributed by atoms with Crippen molar-refractivity contribution in [2.45, 2.75) is 20.0 Å². The molecule has 174 valence electrons. The molecule has 3 rings (SSSR count). The average molecular weight is 448 g/mol. The highest BCUT2D eigenvalue weighted by Gasteiger charge is 2.18. The van der Waals surface area contributed by atoms with Gasteiger partial charge >= 0.3 is 11.9 Å².